The number of pyridine rings is 2. The molecule has 5 aromatic rings. The van der Waals surface area contributed by atoms with E-state index in [2.05, 4.69) is 25.3 Å². The monoisotopic (exact) mass is 542 g/mol. The number of rotatable bonds is 8. The van der Waals surface area contributed by atoms with Crippen LogP contribution >= 0.6 is 0 Å². The molecule has 0 aliphatic rings. The highest BCUT2D eigenvalue weighted by Gasteiger charge is 2.20. The van der Waals surface area contributed by atoms with Gasteiger partial charge in [-0.15, -0.1) is 0 Å². The smallest absolute Gasteiger partial charge is 0.266 e. The molecule has 40 heavy (non-hydrogen) atoms. The van der Waals surface area contributed by atoms with Gasteiger partial charge in [-0.2, -0.15) is 0 Å². The second-order valence-corrected chi connectivity index (χ2v) is 9.09. The number of halogens is 2. The van der Waals surface area contributed by atoms with Gasteiger partial charge in [0.25, 0.3) is 5.56 Å². The molecule has 12 heteroatoms. The molecular formula is C28H24F2N8O2. The molecule has 0 aliphatic heterocycles. The lowest BCUT2D eigenvalue weighted by Gasteiger charge is -2.16. The van der Waals surface area contributed by atoms with E-state index in [1.54, 1.807) is 18.2 Å². The zero-order valence-corrected chi connectivity index (χ0v) is 21.5. The Morgan fingerprint density at radius 3 is 2.65 bits per heavy atom. The van der Waals surface area contributed by atoms with Crippen molar-refractivity contribution in [1.29, 1.82) is 5.41 Å². The zero-order chi connectivity index (χ0) is 28.4. The molecule has 5 rings (SSSR count). The van der Waals surface area contributed by atoms with Gasteiger partial charge in [-0.25, -0.2) is 28.7 Å². The highest BCUT2D eigenvalue weighted by molar-refractivity contribution is 6.16. The number of fused-ring (bicyclic) bond motifs is 1. The third-order valence-electron chi connectivity index (χ3n) is 5.91. The van der Waals surface area contributed by atoms with Gasteiger partial charge in [-0.3, -0.25) is 14.6 Å². The number of ether oxygens (including phenoxy) is 1. The number of hydrogen-bond donors (Lipinski definition) is 3. The van der Waals surface area contributed by atoms with E-state index in [4.69, 9.17) is 15.9 Å². The van der Waals surface area contributed by atoms with E-state index in [0.717, 1.165) is 10.6 Å². The summed E-state index contributed by atoms with van der Waals surface area (Å²) in [5.74, 6) is -0.479. The molecule has 4 heterocycles. The van der Waals surface area contributed by atoms with Gasteiger partial charge in [0.15, 0.2) is 0 Å². The minimum atomic E-state index is -0.620. The van der Waals surface area contributed by atoms with Crippen LogP contribution in [-0.2, 0) is 6.54 Å². The maximum Gasteiger partial charge on any atom is 0.266 e. The SMILES string of the molecule is CC(C)Oc1ccc(C(=N)c2c(N)ncnc2NCc2nc3ccc(F)cn3c(=O)c2-c2cccc(F)c2)cn1. The van der Waals surface area contributed by atoms with Crippen molar-refractivity contribution in [2.24, 2.45) is 0 Å². The van der Waals surface area contributed by atoms with Crippen molar-refractivity contribution in [3.63, 3.8) is 0 Å². The first-order chi connectivity index (χ1) is 19.2. The van der Waals surface area contributed by atoms with Crippen LogP contribution in [0.4, 0.5) is 20.4 Å². The number of nitrogens with one attached hydrogen (secondary N) is 2. The van der Waals surface area contributed by atoms with Crippen molar-refractivity contribution >= 4 is 23.0 Å². The molecule has 0 radical (unpaired) electrons. The van der Waals surface area contributed by atoms with Crippen molar-refractivity contribution in [2.75, 3.05) is 11.1 Å². The lowest BCUT2D eigenvalue weighted by Crippen LogP contribution is -2.22. The summed E-state index contributed by atoms with van der Waals surface area (Å²) in [5, 5.41) is 11.9. The Bertz CT molecular complexity index is 1790. The molecule has 0 amide bonds. The molecule has 0 spiro atoms. The van der Waals surface area contributed by atoms with Gasteiger partial charge in [0.05, 0.1) is 35.2 Å². The van der Waals surface area contributed by atoms with Crippen LogP contribution in [0.15, 0.2) is 72.0 Å². The Kier molecular flexibility index (Phi) is 7.15. The number of anilines is 2. The van der Waals surface area contributed by atoms with Crippen LogP contribution in [0.3, 0.4) is 0 Å². The number of aromatic nitrogens is 5. The fourth-order valence-electron chi connectivity index (χ4n) is 4.15. The van der Waals surface area contributed by atoms with Crippen molar-refractivity contribution in [2.45, 2.75) is 26.5 Å². The lowest BCUT2D eigenvalue weighted by molar-refractivity contribution is 0.232. The topological polar surface area (TPSA) is 144 Å². The average Bonchev–Trinajstić information content (AvgIpc) is 2.92. The van der Waals surface area contributed by atoms with Crippen molar-refractivity contribution in [3.8, 4) is 17.0 Å². The normalized spacial score (nSPS) is 11.1. The largest absolute Gasteiger partial charge is 0.475 e. The molecule has 0 aliphatic carbocycles. The molecule has 10 nitrogen and oxygen atoms in total. The minimum absolute atomic E-state index is 0.0107. The van der Waals surface area contributed by atoms with Gasteiger partial charge in [-0.05, 0) is 49.7 Å². The van der Waals surface area contributed by atoms with Gasteiger partial charge in [-0.1, -0.05) is 12.1 Å². The molecule has 0 atom stereocenters. The van der Waals surface area contributed by atoms with E-state index >= 15 is 0 Å². The van der Waals surface area contributed by atoms with Crippen LogP contribution < -0.4 is 21.3 Å². The summed E-state index contributed by atoms with van der Waals surface area (Å²) in [6, 6.07) is 11.4. The summed E-state index contributed by atoms with van der Waals surface area (Å²) in [7, 11) is 0. The van der Waals surface area contributed by atoms with E-state index in [0.29, 0.717) is 11.4 Å². The first-order valence-electron chi connectivity index (χ1n) is 12.2. The lowest BCUT2D eigenvalue weighted by atomic mass is 10.0. The van der Waals surface area contributed by atoms with Crippen molar-refractivity contribution in [3.05, 3.63) is 106 Å². The molecule has 1 aromatic carbocycles. The fraction of sp³-hybridized carbons (Fsp3) is 0.143. The number of hydrogen-bond acceptors (Lipinski definition) is 9. The number of nitrogens with two attached hydrogens (primary N) is 1. The first-order valence-corrected chi connectivity index (χ1v) is 12.2. The Hall–Kier alpha value is -5.26. The van der Waals surface area contributed by atoms with Gasteiger partial charge >= 0.3 is 0 Å². The second kappa shape index (κ2) is 10.8. The predicted octanol–water partition coefficient (Wildman–Crippen LogP) is 4.22. The molecule has 4 aromatic heterocycles. The predicted molar refractivity (Wildman–Crippen MR) is 147 cm³/mol. The summed E-state index contributed by atoms with van der Waals surface area (Å²) < 4.78 is 34.7. The van der Waals surface area contributed by atoms with Gasteiger partial charge in [0.2, 0.25) is 5.88 Å². The number of benzene rings is 1. The van der Waals surface area contributed by atoms with E-state index in [-0.39, 0.29) is 58.0 Å². The molecular weight excluding hydrogens is 518 g/mol. The summed E-state index contributed by atoms with van der Waals surface area (Å²) in [4.78, 5) is 30.5. The van der Waals surface area contributed by atoms with Crippen LogP contribution in [0.1, 0.15) is 30.7 Å². The Morgan fingerprint density at radius 1 is 1.10 bits per heavy atom. The van der Waals surface area contributed by atoms with E-state index in [9.17, 15) is 13.6 Å². The van der Waals surface area contributed by atoms with E-state index in [1.165, 1.54) is 42.9 Å². The number of nitrogen functional groups attached to an aromatic ring is 1. The summed E-state index contributed by atoms with van der Waals surface area (Å²) in [6.45, 7) is 3.72. The third kappa shape index (κ3) is 5.32. The van der Waals surface area contributed by atoms with Crippen molar-refractivity contribution < 1.29 is 13.5 Å². The van der Waals surface area contributed by atoms with E-state index < -0.39 is 17.2 Å². The van der Waals surface area contributed by atoms with Crippen LogP contribution in [0.2, 0.25) is 0 Å². The summed E-state index contributed by atoms with van der Waals surface area (Å²) in [6.07, 6.45) is 3.70. The maximum absolute atomic E-state index is 14.1. The molecule has 4 N–H and O–H groups in total. The highest BCUT2D eigenvalue weighted by atomic mass is 19.1. The van der Waals surface area contributed by atoms with Crippen LogP contribution in [0.5, 0.6) is 5.88 Å². The summed E-state index contributed by atoms with van der Waals surface area (Å²) >= 11 is 0. The number of nitrogens with zero attached hydrogens (tertiary/aromatic N) is 5. The third-order valence-corrected chi connectivity index (χ3v) is 5.91. The van der Waals surface area contributed by atoms with Gasteiger partial charge in [0.1, 0.15) is 35.2 Å². The molecule has 0 bridgehead atoms. The highest BCUT2D eigenvalue weighted by Crippen LogP contribution is 2.25. The standard InChI is InChI=1S/C28H24F2N8O2/c1-15(2)40-22-9-6-17(11-33-22)25(31)24-26(32)35-14-36-27(24)34-12-20-23(16-4-3-5-18(29)10-16)28(39)38-13-19(30)7-8-21(38)37-20/h3-11,13-15,31H,12H2,1-2H3,(H3,32,34,35,36). The average molecular weight is 543 g/mol. The Labute approximate surface area is 227 Å². The van der Waals surface area contributed by atoms with Crippen molar-refractivity contribution in [1.82, 2.24) is 24.3 Å². The molecule has 0 saturated heterocycles. The molecule has 0 unspecified atom stereocenters. The van der Waals surface area contributed by atoms with Gasteiger partial charge in [0, 0.05) is 24.0 Å². The van der Waals surface area contributed by atoms with Gasteiger partial charge < -0.3 is 15.8 Å². The van der Waals surface area contributed by atoms with Crippen LogP contribution in [0, 0.1) is 17.0 Å². The Balaban J connectivity index is 1.53. The van der Waals surface area contributed by atoms with E-state index in [1.807, 2.05) is 13.8 Å². The fourth-order valence-corrected chi connectivity index (χ4v) is 4.15. The zero-order valence-electron chi connectivity index (χ0n) is 21.5. The molecule has 0 saturated carbocycles. The summed E-state index contributed by atoms with van der Waals surface area (Å²) in [5.41, 5.74) is 7.07. The second-order valence-electron chi connectivity index (χ2n) is 9.09. The molecule has 202 valence electrons. The minimum Gasteiger partial charge on any atom is -0.475 e. The quantitative estimate of drug-likeness (QED) is 0.247. The first kappa shape index (κ1) is 26.4. The molecule has 0 fully saturated rings. The Morgan fingerprint density at radius 2 is 1.93 bits per heavy atom. The maximum atomic E-state index is 14.1. The van der Waals surface area contributed by atoms with Crippen LogP contribution in [0.25, 0.3) is 16.8 Å². The van der Waals surface area contributed by atoms with Crippen LogP contribution in [-0.4, -0.2) is 36.2 Å².